The lowest BCUT2D eigenvalue weighted by atomic mass is 10.2. The molecule has 0 fully saturated rings. The molecule has 0 saturated carbocycles. The normalized spacial score (nSPS) is 12.0. The molecule has 5 nitrogen and oxygen atoms in total. The topological polar surface area (TPSA) is 71.0 Å². The van der Waals surface area contributed by atoms with Crippen LogP contribution in [0, 0.1) is 0 Å². The fourth-order valence-corrected chi connectivity index (χ4v) is 1.21. The quantitative estimate of drug-likeness (QED) is 0.659. The third-order valence-electron chi connectivity index (χ3n) is 2.10. The van der Waals surface area contributed by atoms with Crippen LogP contribution in [0.5, 0.6) is 11.5 Å². The number of ether oxygens (including phenoxy) is 2. The van der Waals surface area contributed by atoms with E-state index in [2.05, 4.69) is 5.32 Å². The zero-order valence-corrected chi connectivity index (χ0v) is 9.43. The number of benzene rings is 1. The maximum Gasteiger partial charge on any atom is 0.124 e. The first-order chi connectivity index (χ1) is 7.69. The summed E-state index contributed by atoms with van der Waals surface area (Å²) in [5, 5.41) is 20.8. The number of rotatable bonds is 6. The SMILES string of the molecule is COc1cc(NCC(O)CO)cc(OC)c1. The van der Waals surface area contributed by atoms with Crippen molar-refractivity contribution in [2.75, 3.05) is 32.7 Å². The van der Waals surface area contributed by atoms with E-state index in [9.17, 15) is 5.11 Å². The van der Waals surface area contributed by atoms with E-state index in [0.717, 1.165) is 5.69 Å². The van der Waals surface area contributed by atoms with Crippen molar-refractivity contribution < 1.29 is 19.7 Å². The van der Waals surface area contributed by atoms with Crippen molar-refractivity contribution in [3.8, 4) is 11.5 Å². The Labute approximate surface area is 94.6 Å². The second-order valence-corrected chi connectivity index (χ2v) is 3.32. The first kappa shape index (κ1) is 12.6. The van der Waals surface area contributed by atoms with Crippen molar-refractivity contribution in [2.24, 2.45) is 0 Å². The third-order valence-corrected chi connectivity index (χ3v) is 2.10. The fourth-order valence-electron chi connectivity index (χ4n) is 1.21. The highest BCUT2D eigenvalue weighted by atomic mass is 16.5. The second-order valence-electron chi connectivity index (χ2n) is 3.32. The molecular formula is C11H17NO4. The van der Waals surface area contributed by atoms with Crippen molar-refractivity contribution >= 4 is 5.69 Å². The van der Waals surface area contributed by atoms with Crippen LogP contribution in [-0.4, -0.2) is 43.7 Å². The van der Waals surface area contributed by atoms with Gasteiger partial charge in [-0.25, -0.2) is 0 Å². The highest BCUT2D eigenvalue weighted by molar-refractivity contribution is 5.53. The first-order valence-electron chi connectivity index (χ1n) is 4.95. The van der Waals surface area contributed by atoms with E-state index in [-0.39, 0.29) is 13.2 Å². The van der Waals surface area contributed by atoms with E-state index >= 15 is 0 Å². The minimum absolute atomic E-state index is 0.270. The fraction of sp³-hybridized carbons (Fsp3) is 0.455. The molecule has 5 heteroatoms. The molecule has 0 aliphatic carbocycles. The van der Waals surface area contributed by atoms with Gasteiger partial charge in [0.1, 0.15) is 11.5 Å². The maximum atomic E-state index is 9.20. The molecule has 0 aromatic heterocycles. The summed E-state index contributed by atoms with van der Waals surface area (Å²) in [7, 11) is 3.14. The summed E-state index contributed by atoms with van der Waals surface area (Å²) < 4.78 is 10.2. The lowest BCUT2D eigenvalue weighted by molar-refractivity contribution is 0.105. The van der Waals surface area contributed by atoms with E-state index in [4.69, 9.17) is 14.6 Å². The van der Waals surface area contributed by atoms with E-state index < -0.39 is 6.10 Å². The molecule has 0 amide bonds. The Bertz CT molecular complexity index is 308. The van der Waals surface area contributed by atoms with Crippen molar-refractivity contribution in [1.29, 1.82) is 0 Å². The number of aliphatic hydroxyl groups is 2. The molecular weight excluding hydrogens is 210 g/mol. The van der Waals surface area contributed by atoms with Gasteiger partial charge in [-0.3, -0.25) is 0 Å². The summed E-state index contributed by atoms with van der Waals surface area (Å²) in [6, 6.07) is 5.33. The number of hydrogen-bond donors (Lipinski definition) is 3. The number of anilines is 1. The largest absolute Gasteiger partial charge is 0.497 e. The smallest absolute Gasteiger partial charge is 0.124 e. The van der Waals surface area contributed by atoms with E-state index in [1.165, 1.54) is 0 Å². The monoisotopic (exact) mass is 227 g/mol. The zero-order valence-electron chi connectivity index (χ0n) is 9.43. The molecule has 1 atom stereocenters. The molecule has 0 heterocycles. The highest BCUT2D eigenvalue weighted by Gasteiger charge is 2.04. The molecule has 90 valence electrons. The summed E-state index contributed by atoms with van der Waals surface area (Å²) in [6.45, 7) is 0.000918. The molecule has 0 radical (unpaired) electrons. The zero-order chi connectivity index (χ0) is 12.0. The molecule has 0 spiro atoms. The minimum Gasteiger partial charge on any atom is -0.497 e. The first-order valence-corrected chi connectivity index (χ1v) is 4.95. The Morgan fingerprint density at radius 2 is 1.75 bits per heavy atom. The van der Waals surface area contributed by atoms with Gasteiger partial charge >= 0.3 is 0 Å². The highest BCUT2D eigenvalue weighted by Crippen LogP contribution is 2.25. The minimum atomic E-state index is -0.780. The van der Waals surface area contributed by atoms with Crippen LogP contribution < -0.4 is 14.8 Å². The maximum absolute atomic E-state index is 9.20. The van der Waals surface area contributed by atoms with Gasteiger partial charge in [-0.15, -0.1) is 0 Å². The van der Waals surface area contributed by atoms with Crippen LogP contribution in [0.15, 0.2) is 18.2 Å². The Kier molecular flexibility index (Phi) is 4.88. The Morgan fingerprint density at radius 1 is 1.19 bits per heavy atom. The molecule has 1 aromatic rings. The predicted octanol–water partition coefficient (Wildman–Crippen LogP) is 0.469. The number of nitrogens with one attached hydrogen (secondary N) is 1. The van der Waals surface area contributed by atoms with E-state index in [1.54, 1.807) is 32.4 Å². The third kappa shape index (κ3) is 3.60. The predicted molar refractivity (Wildman–Crippen MR) is 61.1 cm³/mol. The van der Waals surface area contributed by atoms with E-state index in [0.29, 0.717) is 11.5 Å². The summed E-state index contributed by atoms with van der Waals surface area (Å²) in [5.41, 5.74) is 0.767. The summed E-state index contributed by atoms with van der Waals surface area (Å²) >= 11 is 0. The van der Waals surface area contributed by atoms with Gasteiger partial charge < -0.3 is 25.0 Å². The lowest BCUT2D eigenvalue weighted by Gasteiger charge is -2.12. The van der Waals surface area contributed by atoms with Crippen LogP contribution in [0.2, 0.25) is 0 Å². The van der Waals surface area contributed by atoms with Crippen molar-refractivity contribution in [3.05, 3.63) is 18.2 Å². The molecule has 1 unspecified atom stereocenters. The van der Waals surface area contributed by atoms with Gasteiger partial charge in [0.25, 0.3) is 0 Å². The molecule has 16 heavy (non-hydrogen) atoms. The summed E-state index contributed by atoms with van der Waals surface area (Å²) in [6.07, 6.45) is -0.780. The standard InChI is InChI=1S/C11H17NO4/c1-15-10-3-8(4-11(5-10)16-2)12-6-9(14)7-13/h3-5,9,12-14H,6-7H2,1-2H3. The van der Waals surface area contributed by atoms with Crippen molar-refractivity contribution in [3.63, 3.8) is 0 Å². The van der Waals surface area contributed by atoms with Gasteiger partial charge in [0.2, 0.25) is 0 Å². The Balaban J connectivity index is 2.71. The van der Waals surface area contributed by atoms with Gasteiger partial charge in [-0.2, -0.15) is 0 Å². The van der Waals surface area contributed by atoms with Gasteiger partial charge in [-0.05, 0) is 0 Å². The number of aliphatic hydroxyl groups excluding tert-OH is 2. The molecule has 3 N–H and O–H groups in total. The van der Waals surface area contributed by atoms with Crippen LogP contribution in [0.25, 0.3) is 0 Å². The molecule has 1 aromatic carbocycles. The number of hydrogen-bond acceptors (Lipinski definition) is 5. The molecule has 0 saturated heterocycles. The Morgan fingerprint density at radius 3 is 2.19 bits per heavy atom. The number of methoxy groups -OCH3 is 2. The van der Waals surface area contributed by atoms with Crippen molar-refractivity contribution in [2.45, 2.75) is 6.10 Å². The van der Waals surface area contributed by atoms with Crippen LogP contribution in [0.1, 0.15) is 0 Å². The van der Waals surface area contributed by atoms with Crippen LogP contribution in [0.3, 0.4) is 0 Å². The van der Waals surface area contributed by atoms with Crippen LogP contribution in [-0.2, 0) is 0 Å². The molecule has 0 aliphatic heterocycles. The average Bonchev–Trinajstić information content (AvgIpc) is 2.35. The van der Waals surface area contributed by atoms with Crippen LogP contribution >= 0.6 is 0 Å². The lowest BCUT2D eigenvalue weighted by Crippen LogP contribution is -2.22. The van der Waals surface area contributed by atoms with Gasteiger partial charge in [0.05, 0.1) is 26.9 Å². The van der Waals surface area contributed by atoms with Gasteiger partial charge in [-0.1, -0.05) is 0 Å². The Hall–Kier alpha value is -1.46. The molecule has 0 aliphatic rings. The van der Waals surface area contributed by atoms with Crippen LogP contribution in [0.4, 0.5) is 5.69 Å². The van der Waals surface area contributed by atoms with Gasteiger partial charge in [0, 0.05) is 30.4 Å². The van der Waals surface area contributed by atoms with Crippen molar-refractivity contribution in [1.82, 2.24) is 0 Å². The summed E-state index contributed by atoms with van der Waals surface area (Å²) in [5.74, 6) is 1.33. The average molecular weight is 227 g/mol. The molecule has 0 bridgehead atoms. The summed E-state index contributed by atoms with van der Waals surface area (Å²) in [4.78, 5) is 0. The molecule has 1 rings (SSSR count). The second kappa shape index (κ2) is 6.19. The van der Waals surface area contributed by atoms with Gasteiger partial charge in [0.15, 0.2) is 0 Å². The van der Waals surface area contributed by atoms with E-state index in [1.807, 2.05) is 0 Å².